The number of carbonyl (C=O) groups excluding carboxylic acids is 2. The van der Waals surface area contributed by atoms with Gasteiger partial charge in [0.05, 0.1) is 6.61 Å². The molecule has 0 saturated carbocycles. The summed E-state index contributed by atoms with van der Waals surface area (Å²) < 4.78 is 5.01. The Kier molecular flexibility index (Phi) is 6.45. The molecule has 0 aliphatic carbocycles. The standard InChI is InChI=1S/C20H25N3O3S/c1-3-26-20(25)23-10-8-16(9-11-23)18(24)22-19-21-13-17(27-19)12-15-6-4-14(2)5-7-15/h4-7,13,16H,3,8-12H2,1-2H3,(H,21,22,24). The van der Waals surface area contributed by atoms with Crippen molar-refractivity contribution in [1.82, 2.24) is 9.88 Å². The van der Waals surface area contributed by atoms with E-state index in [9.17, 15) is 9.59 Å². The van der Waals surface area contributed by atoms with Crippen molar-refractivity contribution in [2.45, 2.75) is 33.1 Å². The largest absolute Gasteiger partial charge is 0.450 e. The number of aryl methyl sites for hydroxylation is 1. The van der Waals surface area contributed by atoms with E-state index in [0.717, 1.165) is 11.3 Å². The second kappa shape index (κ2) is 8.99. The highest BCUT2D eigenvalue weighted by atomic mass is 32.1. The van der Waals surface area contributed by atoms with Gasteiger partial charge in [-0.3, -0.25) is 4.79 Å². The summed E-state index contributed by atoms with van der Waals surface area (Å²) in [5.41, 5.74) is 2.47. The van der Waals surface area contributed by atoms with Gasteiger partial charge in [-0.25, -0.2) is 9.78 Å². The van der Waals surface area contributed by atoms with Gasteiger partial charge in [0.1, 0.15) is 0 Å². The number of rotatable bonds is 5. The van der Waals surface area contributed by atoms with Crippen LogP contribution >= 0.6 is 11.3 Å². The fraction of sp³-hybridized carbons (Fsp3) is 0.450. The third-order valence-electron chi connectivity index (χ3n) is 4.67. The predicted octanol–water partition coefficient (Wildman–Crippen LogP) is 3.85. The summed E-state index contributed by atoms with van der Waals surface area (Å²) in [5, 5.41) is 3.56. The molecule has 144 valence electrons. The highest BCUT2D eigenvalue weighted by molar-refractivity contribution is 7.15. The molecule has 6 nitrogen and oxygen atoms in total. The van der Waals surface area contributed by atoms with Crippen molar-refractivity contribution in [2.24, 2.45) is 5.92 Å². The van der Waals surface area contributed by atoms with Crippen LogP contribution in [0.3, 0.4) is 0 Å². The lowest BCUT2D eigenvalue weighted by Gasteiger charge is -2.30. The van der Waals surface area contributed by atoms with E-state index in [-0.39, 0.29) is 17.9 Å². The molecule has 7 heteroatoms. The first kappa shape index (κ1) is 19.4. The van der Waals surface area contributed by atoms with Crippen LogP contribution in [-0.2, 0) is 16.0 Å². The molecule has 1 aliphatic heterocycles. The second-order valence-electron chi connectivity index (χ2n) is 6.74. The van der Waals surface area contributed by atoms with Gasteiger partial charge >= 0.3 is 6.09 Å². The number of hydrogen-bond acceptors (Lipinski definition) is 5. The van der Waals surface area contributed by atoms with E-state index in [2.05, 4.69) is 41.5 Å². The van der Waals surface area contributed by atoms with Crippen LogP contribution in [0.2, 0.25) is 0 Å². The SMILES string of the molecule is CCOC(=O)N1CCC(C(=O)Nc2ncc(Cc3ccc(C)cc3)s2)CC1. The van der Waals surface area contributed by atoms with E-state index in [1.807, 2.05) is 6.20 Å². The number of thiazole rings is 1. The van der Waals surface area contributed by atoms with Crippen molar-refractivity contribution < 1.29 is 14.3 Å². The lowest BCUT2D eigenvalue weighted by Crippen LogP contribution is -2.41. The fourth-order valence-corrected chi connectivity index (χ4v) is 3.95. The zero-order valence-electron chi connectivity index (χ0n) is 15.7. The molecule has 2 heterocycles. The molecule has 1 saturated heterocycles. The van der Waals surface area contributed by atoms with Crippen molar-refractivity contribution in [1.29, 1.82) is 0 Å². The monoisotopic (exact) mass is 387 g/mol. The molecule has 1 N–H and O–H groups in total. The molecule has 3 rings (SSSR count). The molecule has 0 unspecified atom stereocenters. The first-order valence-electron chi connectivity index (χ1n) is 9.28. The minimum atomic E-state index is -0.294. The third kappa shape index (κ3) is 5.29. The van der Waals surface area contributed by atoms with Gasteiger partial charge in [0, 0.05) is 36.5 Å². The van der Waals surface area contributed by atoms with Crippen LogP contribution in [-0.4, -0.2) is 41.6 Å². The van der Waals surface area contributed by atoms with Gasteiger partial charge in [0.2, 0.25) is 5.91 Å². The van der Waals surface area contributed by atoms with Crippen LogP contribution in [0.1, 0.15) is 35.8 Å². The van der Waals surface area contributed by atoms with Gasteiger partial charge in [0.25, 0.3) is 0 Å². The lowest BCUT2D eigenvalue weighted by atomic mass is 9.96. The maximum absolute atomic E-state index is 12.5. The van der Waals surface area contributed by atoms with Gasteiger partial charge < -0.3 is 15.0 Å². The first-order chi connectivity index (χ1) is 13.0. The van der Waals surface area contributed by atoms with Crippen LogP contribution in [0.4, 0.5) is 9.93 Å². The minimum Gasteiger partial charge on any atom is -0.450 e. The van der Waals surface area contributed by atoms with Crippen LogP contribution in [0, 0.1) is 12.8 Å². The number of benzene rings is 1. The van der Waals surface area contributed by atoms with Gasteiger partial charge in [0.15, 0.2) is 5.13 Å². The number of nitrogens with zero attached hydrogens (tertiary/aromatic N) is 2. The minimum absolute atomic E-state index is 0.0188. The molecule has 2 aromatic rings. The van der Waals surface area contributed by atoms with Crippen LogP contribution < -0.4 is 5.32 Å². The number of carbonyl (C=O) groups is 2. The number of nitrogens with one attached hydrogen (secondary N) is 1. The van der Waals surface area contributed by atoms with Crippen LogP contribution in [0.25, 0.3) is 0 Å². The van der Waals surface area contributed by atoms with Crippen molar-refractivity contribution in [3.63, 3.8) is 0 Å². The number of likely N-dealkylation sites (tertiary alicyclic amines) is 1. The summed E-state index contributed by atoms with van der Waals surface area (Å²) in [7, 11) is 0. The summed E-state index contributed by atoms with van der Waals surface area (Å²) >= 11 is 1.51. The second-order valence-corrected chi connectivity index (χ2v) is 7.86. The van der Waals surface area contributed by atoms with Crippen LogP contribution in [0.5, 0.6) is 0 Å². The highest BCUT2D eigenvalue weighted by Gasteiger charge is 2.28. The van der Waals surface area contributed by atoms with Gasteiger partial charge in [-0.1, -0.05) is 29.8 Å². The van der Waals surface area contributed by atoms with Crippen molar-refractivity contribution in [2.75, 3.05) is 25.0 Å². The molecule has 1 aromatic heterocycles. The summed E-state index contributed by atoms with van der Waals surface area (Å²) in [4.78, 5) is 31.3. The predicted molar refractivity (Wildman–Crippen MR) is 106 cm³/mol. The zero-order chi connectivity index (χ0) is 19.2. The number of piperidine rings is 1. The maximum atomic E-state index is 12.5. The van der Waals surface area contributed by atoms with E-state index in [4.69, 9.17) is 4.74 Å². The Morgan fingerprint density at radius 2 is 1.96 bits per heavy atom. The molecule has 1 fully saturated rings. The average Bonchev–Trinajstić information content (AvgIpc) is 3.10. The topological polar surface area (TPSA) is 71.5 Å². The number of hydrogen-bond donors (Lipinski definition) is 1. The first-order valence-corrected chi connectivity index (χ1v) is 10.1. The molecule has 1 aromatic carbocycles. The highest BCUT2D eigenvalue weighted by Crippen LogP contribution is 2.24. The summed E-state index contributed by atoms with van der Waals surface area (Å²) in [6.45, 7) is 5.33. The van der Waals surface area contributed by atoms with Gasteiger partial charge in [-0.2, -0.15) is 0 Å². The van der Waals surface area contributed by atoms with E-state index >= 15 is 0 Å². The number of aromatic nitrogens is 1. The quantitative estimate of drug-likeness (QED) is 0.846. The summed E-state index contributed by atoms with van der Waals surface area (Å²) in [6.07, 6.45) is 3.63. The van der Waals surface area contributed by atoms with E-state index in [1.165, 1.54) is 22.5 Å². The molecular formula is C20H25N3O3S. The molecule has 0 radical (unpaired) electrons. The van der Waals surface area contributed by atoms with E-state index in [0.29, 0.717) is 37.7 Å². The van der Waals surface area contributed by atoms with Gasteiger partial charge in [-0.05, 0) is 32.3 Å². The maximum Gasteiger partial charge on any atom is 0.409 e. The summed E-state index contributed by atoms with van der Waals surface area (Å²) in [5.74, 6) is -0.116. The van der Waals surface area contributed by atoms with Crippen molar-refractivity contribution in [3.8, 4) is 0 Å². The Balaban J connectivity index is 1.49. The summed E-state index contributed by atoms with van der Waals surface area (Å²) in [6, 6.07) is 8.43. The number of anilines is 1. The van der Waals surface area contributed by atoms with Crippen LogP contribution in [0.15, 0.2) is 30.5 Å². The molecular weight excluding hydrogens is 362 g/mol. The zero-order valence-corrected chi connectivity index (χ0v) is 16.6. The number of ether oxygens (including phenoxy) is 1. The molecule has 0 bridgehead atoms. The molecule has 0 spiro atoms. The molecule has 1 aliphatic rings. The number of amides is 2. The smallest absolute Gasteiger partial charge is 0.409 e. The van der Waals surface area contributed by atoms with Crippen molar-refractivity contribution >= 4 is 28.5 Å². The Labute approximate surface area is 163 Å². The van der Waals surface area contributed by atoms with Crippen molar-refractivity contribution in [3.05, 3.63) is 46.5 Å². The fourth-order valence-electron chi connectivity index (χ4n) is 3.10. The molecule has 27 heavy (non-hydrogen) atoms. The Hall–Kier alpha value is -2.41. The van der Waals surface area contributed by atoms with E-state index < -0.39 is 0 Å². The van der Waals surface area contributed by atoms with E-state index in [1.54, 1.807) is 11.8 Å². The Morgan fingerprint density at radius 3 is 2.63 bits per heavy atom. The normalized spacial score (nSPS) is 14.8. The van der Waals surface area contributed by atoms with Gasteiger partial charge in [-0.15, -0.1) is 11.3 Å². The molecule has 2 amide bonds. The Bertz CT molecular complexity index is 780. The third-order valence-corrected chi connectivity index (χ3v) is 5.59. The Morgan fingerprint density at radius 1 is 1.26 bits per heavy atom. The molecule has 0 atom stereocenters. The lowest BCUT2D eigenvalue weighted by molar-refractivity contribution is -0.121. The average molecular weight is 388 g/mol.